The highest BCUT2D eigenvalue weighted by Gasteiger charge is 2.10. The lowest BCUT2D eigenvalue weighted by Gasteiger charge is -2.20. The maximum atomic E-state index is 9.05. The third-order valence-electron chi connectivity index (χ3n) is 3.49. The first kappa shape index (κ1) is 15.2. The molecule has 0 heterocycles. The van der Waals surface area contributed by atoms with Gasteiger partial charge in [0.05, 0.1) is 0 Å². The van der Waals surface area contributed by atoms with E-state index < -0.39 is 0 Å². The third kappa shape index (κ3) is 5.19. The lowest BCUT2D eigenvalue weighted by atomic mass is 9.99. The van der Waals surface area contributed by atoms with Crippen molar-refractivity contribution in [2.75, 3.05) is 13.2 Å². The normalized spacial score (nSPS) is 14.4. The van der Waals surface area contributed by atoms with E-state index in [0.29, 0.717) is 18.6 Å². The molecule has 0 saturated heterocycles. The fourth-order valence-electron chi connectivity index (χ4n) is 2.34. The molecule has 2 nitrogen and oxygen atoms in total. The SMILES string of the molecule is CCCC(CCO)CNC(C)c1cccc(C)c1. The molecule has 0 aromatic heterocycles. The van der Waals surface area contributed by atoms with Crippen LogP contribution in [0.5, 0.6) is 0 Å². The first-order chi connectivity index (χ1) is 8.67. The third-order valence-corrected chi connectivity index (χ3v) is 3.49. The van der Waals surface area contributed by atoms with Gasteiger partial charge in [0, 0.05) is 12.6 Å². The number of aliphatic hydroxyl groups excluding tert-OH is 1. The molecule has 0 aliphatic carbocycles. The summed E-state index contributed by atoms with van der Waals surface area (Å²) in [5.41, 5.74) is 2.65. The minimum Gasteiger partial charge on any atom is -0.396 e. The minimum atomic E-state index is 0.297. The molecule has 2 atom stereocenters. The summed E-state index contributed by atoms with van der Waals surface area (Å²) in [4.78, 5) is 0. The number of hydrogen-bond acceptors (Lipinski definition) is 2. The van der Waals surface area contributed by atoms with E-state index in [1.807, 2.05) is 0 Å². The molecule has 2 N–H and O–H groups in total. The van der Waals surface area contributed by atoms with Crippen molar-refractivity contribution in [2.24, 2.45) is 5.92 Å². The van der Waals surface area contributed by atoms with Crippen molar-refractivity contribution in [2.45, 2.75) is 46.1 Å². The lowest BCUT2D eigenvalue weighted by molar-refractivity contribution is 0.246. The number of aryl methyl sites for hydroxylation is 1. The molecule has 18 heavy (non-hydrogen) atoms. The van der Waals surface area contributed by atoms with E-state index in [4.69, 9.17) is 5.11 Å². The molecule has 1 rings (SSSR count). The largest absolute Gasteiger partial charge is 0.396 e. The molecule has 1 aromatic carbocycles. The molecule has 0 bridgehead atoms. The number of hydrogen-bond donors (Lipinski definition) is 2. The van der Waals surface area contributed by atoms with Gasteiger partial charge < -0.3 is 10.4 Å². The smallest absolute Gasteiger partial charge is 0.0434 e. The summed E-state index contributed by atoms with van der Waals surface area (Å²) in [5.74, 6) is 0.590. The van der Waals surface area contributed by atoms with Crippen molar-refractivity contribution < 1.29 is 5.11 Å². The Labute approximate surface area is 111 Å². The van der Waals surface area contributed by atoms with Crippen LogP contribution >= 0.6 is 0 Å². The van der Waals surface area contributed by atoms with Gasteiger partial charge in [-0.2, -0.15) is 0 Å². The molecule has 0 amide bonds. The summed E-state index contributed by atoms with van der Waals surface area (Å²) in [6.45, 7) is 7.82. The Hall–Kier alpha value is -0.860. The zero-order chi connectivity index (χ0) is 13.4. The Morgan fingerprint density at radius 1 is 1.28 bits per heavy atom. The van der Waals surface area contributed by atoms with E-state index in [9.17, 15) is 0 Å². The van der Waals surface area contributed by atoms with Gasteiger partial charge in [-0.05, 0) is 44.7 Å². The van der Waals surface area contributed by atoms with Crippen LogP contribution in [0.3, 0.4) is 0 Å². The molecule has 0 saturated carbocycles. The fourth-order valence-corrected chi connectivity index (χ4v) is 2.34. The van der Waals surface area contributed by atoms with Gasteiger partial charge in [0.15, 0.2) is 0 Å². The first-order valence-corrected chi connectivity index (χ1v) is 7.08. The highest BCUT2D eigenvalue weighted by Crippen LogP contribution is 2.16. The quantitative estimate of drug-likeness (QED) is 0.739. The van der Waals surface area contributed by atoms with Gasteiger partial charge in [0.2, 0.25) is 0 Å². The molecule has 1 aromatic rings. The van der Waals surface area contributed by atoms with E-state index in [2.05, 4.69) is 50.4 Å². The fraction of sp³-hybridized carbons (Fsp3) is 0.625. The van der Waals surface area contributed by atoms with Crippen LogP contribution in [0.1, 0.15) is 50.3 Å². The second-order valence-corrected chi connectivity index (χ2v) is 5.21. The zero-order valence-corrected chi connectivity index (χ0v) is 11.9. The molecule has 0 fully saturated rings. The predicted octanol–water partition coefficient (Wildman–Crippen LogP) is 3.44. The maximum Gasteiger partial charge on any atom is 0.0434 e. The lowest BCUT2D eigenvalue weighted by Crippen LogP contribution is -2.26. The van der Waals surface area contributed by atoms with Gasteiger partial charge >= 0.3 is 0 Å². The van der Waals surface area contributed by atoms with Crippen LogP contribution in [-0.4, -0.2) is 18.3 Å². The zero-order valence-electron chi connectivity index (χ0n) is 11.9. The average molecular weight is 249 g/mol. The summed E-state index contributed by atoms with van der Waals surface area (Å²) >= 11 is 0. The van der Waals surface area contributed by atoms with E-state index in [1.54, 1.807) is 0 Å². The summed E-state index contributed by atoms with van der Waals surface area (Å²) in [5, 5.41) is 12.6. The predicted molar refractivity (Wildman–Crippen MR) is 77.7 cm³/mol. The van der Waals surface area contributed by atoms with Crippen LogP contribution in [0.2, 0.25) is 0 Å². The van der Waals surface area contributed by atoms with Gasteiger partial charge in [-0.1, -0.05) is 43.2 Å². The van der Waals surface area contributed by atoms with Crippen LogP contribution in [0.4, 0.5) is 0 Å². The summed E-state index contributed by atoms with van der Waals surface area (Å²) in [6, 6.07) is 9.02. The van der Waals surface area contributed by atoms with Gasteiger partial charge in [-0.25, -0.2) is 0 Å². The Morgan fingerprint density at radius 3 is 2.67 bits per heavy atom. The van der Waals surface area contributed by atoms with Crippen LogP contribution in [0.15, 0.2) is 24.3 Å². The van der Waals surface area contributed by atoms with E-state index in [0.717, 1.165) is 13.0 Å². The van der Waals surface area contributed by atoms with E-state index >= 15 is 0 Å². The van der Waals surface area contributed by atoms with Crippen molar-refractivity contribution in [3.63, 3.8) is 0 Å². The minimum absolute atomic E-state index is 0.297. The number of rotatable bonds is 8. The van der Waals surface area contributed by atoms with E-state index in [1.165, 1.54) is 24.0 Å². The molecule has 102 valence electrons. The summed E-state index contributed by atoms with van der Waals surface area (Å²) in [6.07, 6.45) is 3.28. The Bertz CT molecular complexity index is 332. The van der Waals surface area contributed by atoms with Crippen LogP contribution in [0.25, 0.3) is 0 Å². The first-order valence-electron chi connectivity index (χ1n) is 7.08. The molecule has 0 aliphatic rings. The van der Waals surface area contributed by atoms with E-state index in [-0.39, 0.29) is 0 Å². The number of nitrogens with one attached hydrogen (secondary N) is 1. The van der Waals surface area contributed by atoms with Crippen LogP contribution in [0, 0.1) is 12.8 Å². The van der Waals surface area contributed by atoms with Crippen molar-refractivity contribution in [1.29, 1.82) is 0 Å². The molecule has 2 unspecified atom stereocenters. The highest BCUT2D eigenvalue weighted by molar-refractivity contribution is 5.24. The van der Waals surface area contributed by atoms with Gasteiger partial charge in [-0.3, -0.25) is 0 Å². The Kier molecular flexibility index (Phi) is 6.99. The number of aliphatic hydroxyl groups is 1. The molecule has 0 aliphatic heterocycles. The van der Waals surface area contributed by atoms with Gasteiger partial charge in [0.25, 0.3) is 0 Å². The number of benzene rings is 1. The molecule has 0 radical (unpaired) electrons. The van der Waals surface area contributed by atoms with Crippen LogP contribution in [-0.2, 0) is 0 Å². The average Bonchev–Trinajstić information content (AvgIpc) is 2.36. The Balaban J connectivity index is 2.46. The van der Waals surface area contributed by atoms with Gasteiger partial charge in [-0.15, -0.1) is 0 Å². The monoisotopic (exact) mass is 249 g/mol. The van der Waals surface area contributed by atoms with Gasteiger partial charge in [0.1, 0.15) is 0 Å². The second kappa shape index (κ2) is 8.28. The van der Waals surface area contributed by atoms with Crippen LogP contribution < -0.4 is 5.32 Å². The highest BCUT2D eigenvalue weighted by atomic mass is 16.3. The molecular weight excluding hydrogens is 222 g/mol. The molecule has 2 heteroatoms. The standard InChI is InChI=1S/C16H27NO/c1-4-6-15(9-10-18)12-17-14(3)16-8-5-7-13(2)11-16/h5,7-8,11,14-15,17-18H,4,6,9-10,12H2,1-3H3. The second-order valence-electron chi connectivity index (χ2n) is 5.21. The van der Waals surface area contributed by atoms with Crippen molar-refractivity contribution >= 4 is 0 Å². The maximum absolute atomic E-state index is 9.05. The molecular formula is C16H27NO. The van der Waals surface area contributed by atoms with Crippen molar-refractivity contribution in [1.82, 2.24) is 5.32 Å². The summed E-state index contributed by atoms with van der Waals surface area (Å²) < 4.78 is 0. The molecule has 0 spiro atoms. The Morgan fingerprint density at radius 2 is 2.06 bits per heavy atom. The van der Waals surface area contributed by atoms with Crippen molar-refractivity contribution in [3.05, 3.63) is 35.4 Å². The van der Waals surface area contributed by atoms with Crippen molar-refractivity contribution in [3.8, 4) is 0 Å². The topological polar surface area (TPSA) is 32.3 Å². The summed E-state index contributed by atoms with van der Waals surface area (Å²) in [7, 11) is 0.